The molecule has 0 spiro atoms. The SMILES string of the molecule is CCn1nccc1CNc1ccc(=O)n(CC)c1. The number of hydrogen-bond donors (Lipinski definition) is 1. The molecule has 0 radical (unpaired) electrons. The van der Waals surface area contributed by atoms with Crippen molar-refractivity contribution in [2.24, 2.45) is 0 Å². The zero-order valence-corrected chi connectivity index (χ0v) is 10.8. The average molecular weight is 246 g/mol. The van der Waals surface area contributed by atoms with Crippen molar-refractivity contribution in [3.63, 3.8) is 0 Å². The van der Waals surface area contributed by atoms with E-state index in [2.05, 4.69) is 17.3 Å². The molecule has 5 nitrogen and oxygen atoms in total. The Kier molecular flexibility index (Phi) is 3.82. The molecule has 2 rings (SSSR count). The van der Waals surface area contributed by atoms with Gasteiger partial charge in [-0.1, -0.05) is 0 Å². The third-order valence-electron chi connectivity index (χ3n) is 2.90. The highest BCUT2D eigenvalue weighted by molar-refractivity contribution is 5.40. The zero-order valence-electron chi connectivity index (χ0n) is 10.8. The number of anilines is 1. The Hall–Kier alpha value is -2.04. The molecule has 0 bridgehead atoms. The summed E-state index contributed by atoms with van der Waals surface area (Å²) >= 11 is 0. The molecule has 0 atom stereocenters. The maximum absolute atomic E-state index is 11.5. The molecule has 18 heavy (non-hydrogen) atoms. The highest BCUT2D eigenvalue weighted by atomic mass is 16.1. The normalized spacial score (nSPS) is 10.6. The number of hydrogen-bond acceptors (Lipinski definition) is 3. The Labute approximate surface area is 106 Å². The smallest absolute Gasteiger partial charge is 0.250 e. The topological polar surface area (TPSA) is 51.9 Å². The lowest BCUT2D eigenvalue weighted by Crippen LogP contribution is -2.18. The van der Waals surface area contributed by atoms with Crippen molar-refractivity contribution in [2.45, 2.75) is 33.5 Å². The average Bonchev–Trinajstić information content (AvgIpc) is 2.85. The first-order valence-electron chi connectivity index (χ1n) is 6.19. The van der Waals surface area contributed by atoms with Gasteiger partial charge in [-0.3, -0.25) is 9.48 Å². The fourth-order valence-corrected chi connectivity index (χ4v) is 1.87. The predicted octanol–water partition coefficient (Wildman–Crippen LogP) is 1.70. The molecule has 0 unspecified atom stereocenters. The minimum absolute atomic E-state index is 0.0293. The Balaban J connectivity index is 2.08. The first kappa shape index (κ1) is 12.4. The van der Waals surface area contributed by atoms with Gasteiger partial charge < -0.3 is 9.88 Å². The highest BCUT2D eigenvalue weighted by Crippen LogP contribution is 2.07. The minimum atomic E-state index is 0.0293. The van der Waals surface area contributed by atoms with E-state index in [0.29, 0.717) is 13.1 Å². The van der Waals surface area contributed by atoms with Gasteiger partial charge in [0.05, 0.1) is 17.9 Å². The Bertz CT molecular complexity index is 570. The van der Waals surface area contributed by atoms with Crippen molar-refractivity contribution in [1.29, 1.82) is 0 Å². The van der Waals surface area contributed by atoms with Gasteiger partial charge in [0.1, 0.15) is 0 Å². The van der Waals surface area contributed by atoms with Gasteiger partial charge in [-0.05, 0) is 26.0 Å². The molecular weight excluding hydrogens is 228 g/mol. The molecule has 0 saturated heterocycles. The summed E-state index contributed by atoms with van der Waals surface area (Å²) in [6.07, 6.45) is 3.64. The van der Waals surface area contributed by atoms with E-state index in [9.17, 15) is 4.79 Å². The van der Waals surface area contributed by atoms with Crippen LogP contribution in [0.5, 0.6) is 0 Å². The van der Waals surface area contributed by atoms with E-state index in [-0.39, 0.29) is 5.56 Å². The van der Waals surface area contributed by atoms with Crippen LogP contribution in [0.3, 0.4) is 0 Å². The van der Waals surface area contributed by atoms with Crippen LogP contribution < -0.4 is 10.9 Å². The lowest BCUT2D eigenvalue weighted by Gasteiger charge is -2.09. The summed E-state index contributed by atoms with van der Waals surface area (Å²) in [5.74, 6) is 0. The third kappa shape index (κ3) is 2.61. The van der Waals surface area contributed by atoms with Crippen LogP contribution >= 0.6 is 0 Å². The lowest BCUT2D eigenvalue weighted by atomic mass is 10.3. The summed E-state index contributed by atoms with van der Waals surface area (Å²) in [4.78, 5) is 11.5. The molecular formula is C13H18N4O. The van der Waals surface area contributed by atoms with Gasteiger partial charge in [0, 0.05) is 31.5 Å². The van der Waals surface area contributed by atoms with E-state index >= 15 is 0 Å². The number of aromatic nitrogens is 3. The van der Waals surface area contributed by atoms with Crippen LogP contribution in [-0.2, 0) is 19.6 Å². The predicted molar refractivity (Wildman–Crippen MR) is 71.6 cm³/mol. The summed E-state index contributed by atoms with van der Waals surface area (Å²) in [7, 11) is 0. The molecule has 0 aliphatic heterocycles. The Morgan fingerprint density at radius 1 is 1.22 bits per heavy atom. The second-order valence-electron chi connectivity index (χ2n) is 4.03. The van der Waals surface area contributed by atoms with Gasteiger partial charge in [0.15, 0.2) is 0 Å². The Morgan fingerprint density at radius 3 is 2.78 bits per heavy atom. The molecule has 1 N–H and O–H groups in total. The van der Waals surface area contributed by atoms with Crippen molar-refractivity contribution < 1.29 is 0 Å². The minimum Gasteiger partial charge on any atom is -0.378 e. The lowest BCUT2D eigenvalue weighted by molar-refractivity contribution is 0.627. The summed E-state index contributed by atoms with van der Waals surface area (Å²) in [5.41, 5.74) is 2.11. The first-order valence-corrected chi connectivity index (χ1v) is 6.19. The largest absolute Gasteiger partial charge is 0.378 e. The molecule has 0 aromatic carbocycles. The van der Waals surface area contributed by atoms with Gasteiger partial charge in [-0.15, -0.1) is 0 Å². The van der Waals surface area contributed by atoms with E-state index in [1.54, 1.807) is 22.9 Å². The van der Waals surface area contributed by atoms with Crippen LogP contribution in [-0.4, -0.2) is 14.3 Å². The standard InChI is InChI=1S/C13H18N4O/c1-3-16-10-11(5-6-13(16)18)14-9-12-7-8-15-17(12)4-2/h5-8,10,14H,3-4,9H2,1-2H3. The highest BCUT2D eigenvalue weighted by Gasteiger charge is 2.01. The summed E-state index contributed by atoms with van der Waals surface area (Å²) in [6.45, 7) is 6.26. The molecule has 2 aromatic heterocycles. The molecule has 0 saturated carbocycles. The van der Waals surface area contributed by atoms with Crippen molar-refractivity contribution in [3.8, 4) is 0 Å². The quantitative estimate of drug-likeness (QED) is 0.873. The van der Waals surface area contributed by atoms with E-state index in [1.807, 2.05) is 23.9 Å². The van der Waals surface area contributed by atoms with Gasteiger partial charge in [0.25, 0.3) is 5.56 Å². The van der Waals surface area contributed by atoms with E-state index in [1.165, 1.54) is 0 Å². The van der Waals surface area contributed by atoms with Gasteiger partial charge in [0.2, 0.25) is 0 Å². The second-order valence-corrected chi connectivity index (χ2v) is 4.03. The number of nitrogens with one attached hydrogen (secondary N) is 1. The molecule has 2 heterocycles. The molecule has 0 fully saturated rings. The van der Waals surface area contributed by atoms with Gasteiger partial charge in [-0.25, -0.2) is 0 Å². The number of nitrogens with zero attached hydrogens (tertiary/aromatic N) is 3. The van der Waals surface area contributed by atoms with Gasteiger partial charge in [-0.2, -0.15) is 5.10 Å². The first-order chi connectivity index (χ1) is 8.74. The van der Waals surface area contributed by atoms with Crippen molar-refractivity contribution in [1.82, 2.24) is 14.3 Å². The zero-order chi connectivity index (χ0) is 13.0. The fraction of sp³-hybridized carbons (Fsp3) is 0.385. The molecule has 0 aliphatic rings. The second kappa shape index (κ2) is 5.53. The van der Waals surface area contributed by atoms with E-state index < -0.39 is 0 Å². The summed E-state index contributed by atoms with van der Waals surface area (Å²) < 4.78 is 3.63. The van der Waals surface area contributed by atoms with Crippen molar-refractivity contribution in [3.05, 3.63) is 46.6 Å². The fourth-order valence-electron chi connectivity index (χ4n) is 1.87. The number of rotatable bonds is 5. The van der Waals surface area contributed by atoms with Crippen LogP contribution in [0.25, 0.3) is 0 Å². The monoisotopic (exact) mass is 246 g/mol. The van der Waals surface area contributed by atoms with Crippen molar-refractivity contribution in [2.75, 3.05) is 5.32 Å². The molecule has 0 amide bonds. The molecule has 0 aliphatic carbocycles. The van der Waals surface area contributed by atoms with Crippen LogP contribution in [0, 0.1) is 0 Å². The van der Waals surface area contributed by atoms with E-state index in [0.717, 1.165) is 17.9 Å². The third-order valence-corrected chi connectivity index (χ3v) is 2.90. The van der Waals surface area contributed by atoms with Crippen molar-refractivity contribution >= 4 is 5.69 Å². The summed E-state index contributed by atoms with van der Waals surface area (Å²) in [5, 5.41) is 7.52. The number of aryl methyl sites for hydroxylation is 2. The number of pyridine rings is 1. The van der Waals surface area contributed by atoms with E-state index in [4.69, 9.17) is 0 Å². The summed E-state index contributed by atoms with van der Waals surface area (Å²) in [6, 6.07) is 5.39. The van der Waals surface area contributed by atoms with Gasteiger partial charge >= 0.3 is 0 Å². The van der Waals surface area contributed by atoms with Crippen LogP contribution in [0.4, 0.5) is 5.69 Å². The van der Waals surface area contributed by atoms with Crippen LogP contribution in [0.1, 0.15) is 19.5 Å². The van der Waals surface area contributed by atoms with Crippen LogP contribution in [0.2, 0.25) is 0 Å². The molecule has 5 heteroatoms. The Morgan fingerprint density at radius 2 is 2.06 bits per heavy atom. The molecule has 2 aromatic rings. The molecule has 96 valence electrons. The maximum Gasteiger partial charge on any atom is 0.250 e. The van der Waals surface area contributed by atoms with Crippen LogP contribution in [0.15, 0.2) is 35.4 Å². The maximum atomic E-state index is 11.5.